The van der Waals surface area contributed by atoms with Crippen LogP contribution in [0.5, 0.6) is 0 Å². The molecule has 0 bridgehead atoms. The number of amides is 2. The Labute approximate surface area is 132 Å². The van der Waals surface area contributed by atoms with Crippen LogP contribution in [0.2, 0.25) is 0 Å². The van der Waals surface area contributed by atoms with E-state index in [1.165, 1.54) is 5.56 Å². The lowest BCUT2D eigenvalue weighted by atomic mass is 10.1. The molecule has 2 amide bonds. The maximum Gasteiger partial charge on any atom is 0.223 e. The molecule has 0 aliphatic heterocycles. The van der Waals surface area contributed by atoms with Crippen molar-refractivity contribution < 1.29 is 9.59 Å². The summed E-state index contributed by atoms with van der Waals surface area (Å²) in [6.45, 7) is 3.49. The molecule has 1 aliphatic carbocycles. The predicted octanol–water partition coefficient (Wildman–Crippen LogP) is 2.29. The molecule has 0 saturated heterocycles. The van der Waals surface area contributed by atoms with Crippen molar-refractivity contribution in [3.63, 3.8) is 0 Å². The number of benzene rings is 1. The van der Waals surface area contributed by atoms with Gasteiger partial charge in [0.05, 0.1) is 11.8 Å². The highest BCUT2D eigenvalue weighted by Crippen LogP contribution is 2.38. The summed E-state index contributed by atoms with van der Waals surface area (Å²) in [6.07, 6.45) is 4.65. The Morgan fingerprint density at radius 3 is 2.18 bits per heavy atom. The van der Waals surface area contributed by atoms with Crippen LogP contribution in [0.3, 0.4) is 0 Å². The fourth-order valence-corrected chi connectivity index (χ4v) is 2.57. The summed E-state index contributed by atoms with van der Waals surface area (Å²) in [7, 11) is 0. The van der Waals surface area contributed by atoms with Crippen LogP contribution in [-0.4, -0.2) is 24.9 Å². The summed E-state index contributed by atoms with van der Waals surface area (Å²) in [4.78, 5) is 23.8. The van der Waals surface area contributed by atoms with Crippen LogP contribution in [0, 0.1) is 11.8 Å². The largest absolute Gasteiger partial charge is 0.356 e. The molecule has 4 heteroatoms. The van der Waals surface area contributed by atoms with Crippen LogP contribution >= 0.6 is 0 Å². The van der Waals surface area contributed by atoms with E-state index < -0.39 is 0 Å². The van der Waals surface area contributed by atoms with Crippen LogP contribution in [0.1, 0.15) is 38.2 Å². The molecule has 0 heterocycles. The number of carbonyl (C=O) groups excluding carboxylic acids is 2. The van der Waals surface area contributed by atoms with Crippen LogP contribution in [0.15, 0.2) is 30.3 Å². The van der Waals surface area contributed by atoms with E-state index in [0.29, 0.717) is 13.0 Å². The molecule has 1 saturated carbocycles. The van der Waals surface area contributed by atoms with Gasteiger partial charge in [-0.3, -0.25) is 9.59 Å². The van der Waals surface area contributed by atoms with Crippen molar-refractivity contribution >= 4 is 11.8 Å². The Balaban J connectivity index is 1.58. The van der Waals surface area contributed by atoms with E-state index in [1.54, 1.807) is 0 Å². The van der Waals surface area contributed by atoms with Crippen LogP contribution in [0.4, 0.5) is 0 Å². The second-order valence-corrected chi connectivity index (χ2v) is 5.97. The number of aryl methyl sites for hydroxylation is 1. The van der Waals surface area contributed by atoms with Crippen molar-refractivity contribution in [2.45, 2.75) is 39.0 Å². The van der Waals surface area contributed by atoms with Crippen molar-refractivity contribution in [1.82, 2.24) is 10.6 Å². The van der Waals surface area contributed by atoms with Gasteiger partial charge in [0.25, 0.3) is 0 Å². The van der Waals surface area contributed by atoms with Crippen molar-refractivity contribution in [2.24, 2.45) is 11.8 Å². The smallest absolute Gasteiger partial charge is 0.223 e. The van der Waals surface area contributed by atoms with Gasteiger partial charge in [0.1, 0.15) is 0 Å². The third-order valence-electron chi connectivity index (χ3n) is 4.08. The Kier molecular flexibility index (Phi) is 6.44. The molecule has 2 atom stereocenters. The standard InChI is InChI=1S/C18H26N2O2/c1-2-3-11-19-17(21)15-13-16(15)18(22)20-12-7-10-14-8-5-4-6-9-14/h4-6,8-9,15-16H,2-3,7,10-13H2,1H3,(H,19,21)(H,20,22). The Hall–Kier alpha value is -1.84. The van der Waals surface area contributed by atoms with Gasteiger partial charge in [-0.1, -0.05) is 43.7 Å². The lowest BCUT2D eigenvalue weighted by Gasteiger charge is -2.06. The molecule has 1 fully saturated rings. The lowest BCUT2D eigenvalue weighted by molar-refractivity contribution is -0.127. The first-order valence-corrected chi connectivity index (χ1v) is 8.31. The van der Waals surface area contributed by atoms with Crippen LogP contribution in [-0.2, 0) is 16.0 Å². The van der Waals surface area contributed by atoms with E-state index in [2.05, 4.69) is 29.7 Å². The van der Waals surface area contributed by atoms with Crippen molar-refractivity contribution in [1.29, 1.82) is 0 Å². The monoisotopic (exact) mass is 302 g/mol. The predicted molar refractivity (Wildman–Crippen MR) is 87.3 cm³/mol. The summed E-state index contributed by atoms with van der Waals surface area (Å²) in [5.74, 6) is -0.147. The number of unbranched alkanes of at least 4 members (excludes halogenated alkanes) is 1. The van der Waals surface area contributed by atoms with Gasteiger partial charge < -0.3 is 10.6 Å². The molecular formula is C18H26N2O2. The van der Waals surface area contributed by atoms with Gasteiger partial charge in [0, 0.05) is 13.1 Å². The highest BCUT2D eigenvalue weighted by atomic mass is 16.2. The van der Waals surface area contributed by atoms with Gasteiger partial charge in [-0.05, 0) is 31.2 Å². The summed E-state index contributed by atoms with van der Waals surface area (Å²) in [6, 6.07) is 10.3. The second-order valence-electron chi connectivity index (χ2n) is 5.97. The average Bonchev–Trinajstić information content (AvgIpc) is 3.33. The van der Waals surface area contributed by atoms with E-state index in [-0.39, 0.29) is 23.7 Å². The molecule has 0 radical (unpaired) electrons. The van der Waals surface area contributed by atoms with Gasteiger partial charge in [-0.15, -0.1) is 0 Å². The molecule has 120 valence electrons. The SMILES string of the molecule is CCCCNC(=O)C1CC1C(=O)NCCCc1ccccc1. The summed E-state index contributed by atoms with van der Waals surface area (Å²) in [5, 5.41) is 5.85. The first-order valence-electron chi connectivity index (χ1n) is 8.31. The fourth-order valence-electron chi connectivity index (χ4n) is 2.57. The first-order chi connectivity index (χ1) is 10.7. The van der Waals surface area contributed by atoms with Gasteiger partial charge >= 0.3 is 0 Å². The molecule has 1 aromatic rings. The summed E-state index contributed by atoms with van der Waals surface area (Å²) < 4.78 is 0. The number of hydrogen-bond acceptors (Lipinski definition) is 2. The number of carbonyl (C=O) groups is 2. The van der Waals surface area contributed by atoms with Gasteiger partial charge in [0.15, 0.2) is 0 Å². The summed E-state index contributed by atoms with van der Waals surface area (Å²) >= 11 is 0. The molecule has 2 unspecified atom stereocenters. The Bertz CT molecular complexity index is 487. The zero-order valence-corrected chi connectivity index (χ0v) is 13.3. The molecule has 22 heavy (non-hydrogen) atoms. The minimum atomic E-state index is -0.113. The third-order valence-corrected chi connectivity index (χ3v) is 4.08. The van der Waals surface area contributed by atoms with Crippen molar-refractivity contribution in [3.8, 4) is 0 Å². The third kappa shape index (κ3) is 5.17. The number of rotatable bonds is 9. The van der Waals surface area contributed by atoms with E-state index in [1.807, 2.05) is 18.2 Å². The van der Waals surface area contributed by atoms with Crippen LogP contribution in [0.25, 0.3) is 0 Å². The average molecular weight is 302 g/mol. The quantitative estimate of drug-likeness (QED) is 0.688. The molecule has 0 spiro atoms. The lowest BCUT2D eigenvalue weighted by Crippen LogP contribution is -2.31. The Morgan fingerprint density at radius 2 is 1.59 bits per heavy atom. The highest BCUT2D eigenvalue weighted by molar-refractivity contribution is 5.92. The van der Waals surface area contributed by atoms with E-state index in [0.717, 1.165) is 32.2 Å². The molecule has 0 aromatic heterocycles. The molecule has 1 aliphatic rings. The number of hydrogen-bond donors (Lipinski definition) is 2. The topological polar surface area (TPSA) is 58.2 Å². The van der Waals surface area contributed by atoms with Crippen molar-refractivity contribution in [2.75, 3.05) is 13.1 Å². The normalized spacial score (nSPS) is 19.5. The Morgan fingerprint density at radius 1 is 1.00 bits per heavy atom. The minimum Gasteiger partial charge on any atom is -0.356 e. The molecule has 2 rings (SSSR count). The first kappa shape index (κ1) is 16.5. The van der Waals surface area contributed by atoms with Gasteiger partial charge in [-0.25, -0.2) is 0 Å². The second kappa shape index (κ2) is 8.57. The minimum absolute atomic E-state index is 0.0312. The highest BCUT2D eigenvalue weighted by Gasteiger charge is 2.47. The zero-order valence-electron chi connectivity index (χ0n) is 13.3. The van der Waals surface area contributed by atoms with E-state index in [4.69, 9.17) is 0 Å². The molecule has 1 aromatic carbocycles. The number of nitrogens with one attached hydrogen (secondary N) is 2. The maximum absolute atomic E-state index is 12.0. The molecular weight excluding hydrogens is 276 g/mol. The molecule has 2 N–H and O–H groups in total. The summed E-state index contributed by atoms with van der Waals surface area (Å²) in [5.41, 5.74) is 1.29. The zero-order chi connectivity index (χ0) is 15.8. The van der Waals surface area contributed by atoms with Gasteiger partial charge in [0.2, 0.25) is 11.8 Å². The fraction of sp³-hybridized carbons (Fsp3) is 0.556. The van der Waals surface area contributed by atoms with Crippen molar-refractivity contribution in [3.05, 3.63) is 35.9 Å². The van der Waals surface area contributed by atoms with E-state index in [9.17, 15) is 9.59 Å². The van der Waals surface area contributed by atoms with Gasteiger partial charge in [-0.2, -0.15) is 0 Å². The van der Waals surface area contributed by atoms with E-state index >= 15 is 0 Å². The molecule has 4 nitrogen and oxygen atoms in total. The maximum atomic E-state index is 12.0. The van der Waals surface area contributed by atoms with Crippen LogP contribution < -0.4 is 10.6 Å².